The number of carbonyl (C=O) groups is 1. The maximum atomic E-state index is 14.7. The third-order valence-electron chi connectivity index (χ3n) is 7.68. The van der Waals surface area contributed by atoms with Crippen molar-refractivity contribution in [2.75, 3.05) is 24.7 Å². The molecule has 3 rings (SSSR count). The molecule has 0 unspecified atom stereocenters. The summed E-state index contributed by atoms with van der Waals surface area (Å²) >= 11 is 0. The molecule has 7 nitrogen and oxygen atoms in total. The third kappa shape index (κ3) is 14.6. The number of esters is 1. The highest BCUT2D eigenvalue weighted by atomic mass is 19.3. The van der Waals surface area contributed by atoms with Crippen LogP contribution >= 0.6 is 0 Å². The number of nitriles is 1. The second-order valence-electron chi connectivity index (χ2n) is 11.6. The molecule has 47 heavy (non-hydrogen) atoms. The smallest absolute Gasteiger partial charge is 0.426 e. The number of hydrogen-bond donors (Lipinski definition) is 2. The first-order valence-electron chi connectivity index (χ1n) is 16.5. The van der Waals surface area contributed by atoms with Gasteiger partial charge in [0.25, 0.3) is 0 Å². The Bertz CT molecular complexity index is 1420. The summed E-state index contributed by atoms with van der Waals surface area (Å²) in [5, 5.41) is 8.55. The van der Waals surface area contributed by atoms with Crippen molar-refractivity contribution in [3.8, 4) is 17.6 Å². The number of carbonyl (C=O) groups excluding carboxylic acids is 1. The molecule has 0 aliphatic rings. The molecule has 0 radical (unpaired) electrons. The maximum absolute atomic E-state index is 14.7. The number of alkyl halides is 2. The summed E-state index contributed by atoms with van der Waals surface area (Å²) in [5.74, 6) is 0.0519. The highest BCUT2D eigenvalue weighted by Gasteiger charge is 2.34. The quantitative estimate of drug-likeness (QED) is 0.0482. The van der Waals surface area contributed by atoms with Gasteiger partial charge in [0.2, 0.25) is 0 Å². The summed E-state index contributed by atoms with van der Waals surface area (Å²) in [7, 11) is 0. The minimum atomic E-state index is -3.54. The van der Waals surface area contributed by atoms with E-state index in [0.29, 0.717) is 36.6 Å². The molecule has 0 aliphatic carbocycles. The number of hydrogen-bond acceptors (Lipinski definition) is 7. The van der Waals surface area contributed by atoms with Crippen LogP contribution in [0.25, 0.3) is 6.08 Å². The van der Waals surface area contributed by atoms with Crippen LogP contribution in [0.1, 0.15) is 93.7 Å². The summed E-state index contributed by atoms with van der Waals surface area (Å²) in [4.78, 5) is 12.1. The summed E-state index contributed by atoms with van der Waals surface area (Å²) in [6.45, 7) is 0.826. The Kier molecular flexibility index (Phi) is 16.1. The molecular weight excluding hydrogens is 600 g/mol. The molecule has 252 valence electrons. The fourth-order valence-electron chi connectivity index (χ4n) is 4.98. The molecule has 0 spiro atoms. The minimum absolute atomic E-state index is 0.00391. The first kappa shape index (κ1) is 36.9. The lowest BCUT2D eigenvalue weighted by atomic mass is 10.0. The van der Waals surface area contributed by atoms with Crippen molar-refractivity contribution in [2.45, 2.75) is 89.6 Å². The van der Waals surface area contributed by atoms with Gasteiger partial charge in [-0.3, -0.25) is 0 Å². The third-order valence-corrected chi connectivity index (χ3v) is 7.68. The van der Waals surface area contributed by atoms with Crippen molar-refractivity contribution in [2.24, 2.45) is 0 Å². The highest BCUT2D eigenvalue weighted by Crippen LogP contribution is 2.32. The van der Waals surface area contributed by atoms with Crippen LogP contribution in [-0.4, -0.2) is 19.2 Å². The Morgan fingerprint density at radius 3 is 2.06 bits per heavy atom. The van der Waals surface area contributed by atoms with E-state index >= 15 is 0 Å². The zero-order chi connectivity index (χ0) is 33.7. The van der Waals surface area contributed by atoms with Crippen LogP contribution in [0.15, 0.2) is 72.8 Å². The largest absolute Gasteiger partial charge is 0.494 e. The number of ether oxygens (including phenoxy) is 3. The van der Waals surface area contributed by atoms with Gasteiger partial charge in [0.1, 0.15) is 11.5 Å². The average Bonchev–Trinajstić information content (AvgIpc) is 3.06. The molecule has 0 saturated carbocycles. The number of halogens is 2. The number of benzene rings is 3. The van der Waals surface area contributed by atoms with E-state index in [2.05, 4.69) is 6.07 Å². The second-order valence-corrected chi connectivity index (χ2v) is 11.6. The number of aryl methyl sites for hydroxylation is 1. The van der Waals surface area contributed by atoms with Crippen molar-refractivity contribution in [3.63, 3.8) is 0 Å². The summed E-state index contributed by atoms with van der Waals surface area (Å²) in [6, 6.07) is 19.4. The number of nitrogens with zero attached hydrogens (tertiary/aromatic N) is 1. The molecule has 4 N–H and O–H groups in total. The van der Waals surface area contributed by atoms with Crippen molar-refractivity contribution < 1.29 is 27.8 Å². The summed E-state index contributed by atoms with van der Waals surface area (Å²) < 4.78 is 45.3. The molecule has 3 aromatic rings. The maximum Gasteiger partial charge on any atom is 0.426 e. The minimum Gasteiger partial charge on any atom is -0.494 e. The Morgan fingerprint density at radius 2 is 1.38 bits per heavy atom. The molecule has 0 atom stereocenters. The van der Waals surface area contributed by atoms with Crippen molar-refractivity contribution in [1.29, 1.82) is 5.26 Å². The molecule has 0 aromatic heterocycles. The van der Waals surface area contributed by atoms with Gasteiger partial charge in [-0.15, -0.1) is 0 Å². The fraction of sp³-hybridized carbons (Fsp3) is 0.421. The molecule has 0 saturated heterocycles. The lowest BCUT2D eigenvalue weighted by Crippen LogP contribution is -2.21. The number of nitrogen functional groups attached to an aromatic ring is 2. The van der Waals surface area contributed by atoms with Crippen molar-refractivity contribution in [3.05, 3.63) is 89.5 Å². The Hall–Kier alpha value is -4.58. The lowest BCUT2D eigenvalue weighted by molar-refractivity contribution is -0.185. The standard InChI is InChI=1S/C38H47F2N3O4/c39-38(40,32-18-23-34(24-19-32)45-27-11-8-6-10-26-41)47-35-21-14-30(15-22-35)16-25-37(44)46-28-12-7-4-2-1-3-5-9-13-31-17-20-33(42)29-36(31)43/h14-25,29H,1-13,27-28,42-43H2/b25-16+. The second kappa shape index (κ2) is 20.5. The van der Waals surface area contributed by atoms with Crippen LogP contribution in [0.3, 0.4) is 0 Å². The monoisotopic (exact) mass is 647 g/mol. The van der Waals surface area contributed by atoms with Gasteiger partial charge in [-0.2, -0.15) is 14.0 Å². The van der Waals surface area contributed by atoms with Gasteiger partial charge in [-0.05, 0) is 104 Å². The molecule has 0 aliphatic heterocycles. The molecule has 0 bridgehead atoms. The zero-order valence-corrected chi connectivity index (χ0v) is 27.1. The molecule has 0 heterocycles. The van der Waals surface area contributed by atoms with E-state index in [0.717, 1.165) is 69.0 Å². The van der Waals surface area contributed by atoms with Gasteiger partial charge in [0.05, 0.1) is 24.8 Å². The van der Waals surface area contributed by atoms with Crippen LogP contribution < -0.4 is 20.9 Å². The van der Waals surface area contributed by atoms with Crippen LogP contribution in [0.5, 0.6) is 11.5 Å². The van der Waals surface area contributed by atoms with Crippen molar-refractivity contribution >= 4 is 23.4 Å². The van der Waals surface area contributed by atoms with Crippen molar-refractivity contribution in [1.82, 2.24) is 0 Å². The average molecular weight is 648 g/mol. The Morgan fingerprint density at radius 1 is 0.766 bits per heavy atom. The number of rotatable bonds is 22. The van der Waals surface area contributed by atoms with Gasteiger partial charge in [-0.25, -0.2) is 4.79 Å². The van der Waals surface area contributed by atoms with E-state index in [1.807, 2.05) is 18.2 Å². The Labute approximate surface area is 277 Å². The number of unbranched alkanes of at least 4 members (excludes halogenated alkanes) is 10. The first-order chi connectivity index (χ1) is 22.8. The molecule has 3 aromatic carbocycles. The van der Waals surface area contributed by atoms with Gasteiger partial charge >= 0.3 is 12.1 Å². The van der Waals surface area contributed by atoms with Crippen LogP contribution in [0.4, 0.5) is 20.2 Å². The SMILES string of the molecule is N#CCCCCCOc1ccc(C(F)(F)Oc2ccc(/C=C/C(=O)OCCCCCCCCCCc3ccc(N)cc3N)cc2)cc1. The topological polar surface area (TPSA) is 121 Å². The van der Waals surface area contributed by atoms with Crippen LogP contribution in [0, 0.1) is 11.3 Å². The molecule has 9 heteroatoms. The van der Waals surface area contributed by atoms with Crippen LogP contribution in [-0.2, 0) is 22.1 Å². The van der Waals surface area contributed by atoms with Crippen LogP contribution in [0.2, 0.25) is 0 Å². The summed E-state index contributed by atoms with van der Waals surface area (Å²) in [5.41, 5.74) is 14.8. The molecule has 0 fully saturated rings. The van der Waals surface area contributed by atoms with E-state index in [-0.39, 0.29) is 11.3 Å². The predicted molar refractivity (Wildman–Crippen MR) is 183 cm³/mol. The van der Waals surface area contributed by atoms with Gasteiger partial charge in [0, 0.05) is 23.9 Å². The zero-order valence-electron chi connectivity index (χ0n) is 27.1. The first-order valence-corrected chi connectivity index (χ1v) is 16.5. The van der Waals surface area contributed by atoms with Gasteiger partial charge in [-0.1, -0.05) is 56.7 Å². The van der Waals surface area contributed by atoms with Gasteiger partial charge < -0.3 is 25.7 Å². The Balaban J connectivity index is 1.24. The van der Waals surface area contributed by atoms with E-state index in [1.54, 1.807) is 18.2 Å². The fourth-order valence-corrected chi connectivity index (χ4v) is 4.98. The lowest BCUT2D eigenvalue weighted by Gasteiger charge is -2.18. The van der Waals surface area contributed by atoms with E-state index < -0.39 is 12.1 Å². The molecular formula is C38H47F2N3O4. The highest BCUT2D eigenvalue weighted by molar-refractivity contribution is 5.87. The normalized spacial score (nSPS) is 11.3. The predicted octanol–water partition coefficient (Wildman–Crippen LogP) is 9.36. The number of nitrogens with two attached hydrogens (primary N) is 2. The summed E-state index contributed by atoms with van der Waals surface area (Å²) in [6.07, 6.45) is 12.1. The van der Waals surface area contributed by atoms with E-state index in [9.17, 15) is 13.6 Å². The number of anilines is 2. The molecule has 0 amide bonds. The van der Waals surface area contributed by atoms with Gasteiger partial charge in [0.15, 0.2) is 0 Å². The van der Waals surface area contributed by atoms with E-state index in [4.69, 9.17) is 30.9 Å². The van der Waals surface area contributed by atoms with E-state index in [1.165, 1.54) is 61.7 Å².